The van der Waals surface area contributed by atoms with Gasteiger partial charge in [0.2, 0.25) is 0 Å². The average Bonchev–Trinajstić information content (AvgIpc) is 2.81. The second kappa shape index (κ2) is 6.11. The van der Waals surface area contributed by atoms with Gasteiger partial charge in [0.25, 0.3) is 0 Å². The van der Waals surface area contributed by atoms with Crippen molar-refractivity contribution in [1.29, 1.82) is 0 Å². The topological polar surface area (TPSA) is 56.8 Å². The zero-order valence-electron chi connectivity index (χ0n) is 11.9. The molecule has 20 heavy (non-hydrogen) atoms. The summed E-state index contributed by atoms with van der Waals surface area (Å²) in [6.07, 6.45) is 0.715. The summed E-state index contributed by atoms with van der Waals surface area (Å²) in [5.41, 5.74) is 7.59. The smallest absolute Gasteiger partial charge is 0.148 e. The Labute approximate surface area is 118 Å². The van der Waals surface area contributed by atoms with E-state index in [0.717, 1.165) is 5.70 Å². The number of benzene rings is 1. The van der Waals surface area contributed by atoms with Gasteiger partial charge < -0.3 is 15.3 Å². The average molecular weight is 281 g/mol. The Bertz CT molecular complexity index is 517. The van der Waals surface area contributed by atoms with Gasteiger partial charge in [-0.15, -0.1) is 5.53 Å². The molecule has 1 aromatic rings. The second-order valence-corrected chi connectivity index (χ2v) is 5.07. The largest absolute Gasteiger partial charge is 0.497 e. The Hall–Kier alpha value is -1.79. The lowest BCUT2D eigenvalue weighted by Crippen LogP contribution is -2.38. The second-order valence-electron chi connectivity index (χ2n) is 5.07. The highest BCUT2D eigenvalue weighted by Gasteiger charge is 2.26. The first-order valence-corrected chi connectivity index (χ1v) is 6.55. The van der Waals surface area contributed by atoms with Crippen LogP contribution in [0.5, 0.6) is 5.75 Å². The van der Waals surface area contributed by atoms with Crippen LogP contribution in [0.3, 0.4) is 0 Å². The van der Waals surface area contributed by atoms with Gasteiger partial charge in [-0.1, -0.05) is 13.8 Å². The van der Waals surface area contributed by atoms with Crippen molar-refractivity contribution in [1.82, 2.24) is 11.0 Å². The van der Waals surface area contributed by atoms with Gasteiger partial charge in [-0.25, -0.2) is 4.39 Å². The highest BCUT2D eigenvalue weighted by molar-refractivity contribution is 5.57. The molecular weight excluding hydrogens is 261 g/mol. The van der Waals surface area contributed by atoms with E-state index in [2.05, 4.69) is 24.8 Å². The third-order valence-corrected chi connectivity index (χ3v) is 3.09. The summed E-state index contributed by atoms with van der Waals surface area (Å²) in [7, 11) is 1.54. The zero-order chi connectivity index (χ0) is 14.7. The molecule has 0 fully saturated rings. The molecule has 0 radical (unpaired) electrons. The third-order valence-electron chi connectivity index (χ3n) is 3.09. The molecule has 0 unspecified atom stereocenters. The number of aliphatic hydroxyl groups excluding tert-OH is 1. The SMILES string of the molecule is COc1ccc(F)c(N2NNC(CO)=C2CC(C)C)c1. The van der Waals surface area contributed by atoms with E-state index in [9.17, 15) is 9.50 Å². The van der Waals surface area contributed by atoms with Crippen molar-refractivity contribution >= 4 is 5.69 Å². The molecule has 5 nitrogen and oxygen atoms in total. The van der Waals surface area contributed by atoms with Gasteiger partial charge in [-0.3, -0.25) is 5.01 Å². The van der Waals surface area contributed by atoms with Gasteiger partial charge in [-0.2, -0.15) is 0 Å². The Morgan fingerprint density at radius 1 is 1.40 bits per heavy atom. The van der Waals surface area contributed by atoms with Crippen LogP contribution in [0.1, 0.15) is 20.3 Å². The number of hydrazine groups is 2. The number of ether oxygens (including phenoxy) is 1. The molecule has 0 atom stereocenters. The molecule has 0 spiro atoms. The molecule has 3 N–H and O–H groups in total. The van der Waals surface area contributed by atoms with Gasteiger partial charge in [0, 0.05) is 6.07 Å². The first-order valence-electron chi connectivity index (χ1n) is 6.55. The van der Waals surface area contributed by atoms with E-state index in [0.29, 0.717) is 29.5 Å². The summed E-state index contributed by atoms with van der Waals surface area (Å²) < 4.78 is 19.2. The lowest BCUT2D eigenvalue weighted by molar-refractivity contribution is 0.320. The molecule has 6 heteroatoms. The van der Waals surface area contributed by atoms with Crippen LogP contribution in [-0.4, -0.2) is 18.8 Å². The summed E-state index contributed by atoms with van der Waals surface area (Å²) in [5.74, 6) is 0.592. The number of hydrogen-bond acceptors (Lipinski definition) is 5. The zero-order valence-corrected chi connectivity index (χ0v) is 11.9. The Kier molecular flexibility index (Phi) is 4.46. The van der Waals surface area contributed by atoms with Crippen molar-refractivity contribution in [2.75, 3.05) is 18.7 Å². The molecule has 0 amide bonds. The fourth-order valence-electron chi connectivity index (χ4n) is 2.13. The van der Waals surface area contributed by atoms with E-state index >= 15 is 0 Å². The molecule has 110 valence electrons. The van der Waals surface area contributed by atoms with Crippen LogP contribution in [0.25, 0.3) is 0 Å². The molecule has 1 aliphatic rings. The van der Waals surface area contributed by atoms with Crippen molar-refractivity contribution in [3.63, 3.8) is 0 Å². The molecule has 2 rings (SSSR count). The number of rotatable bonds is 5. The number of allylic oxidation sites excluding steroid dienone is 1. The van der Waals surface area contributed by atoms with E-state index in [1.54, 1.807) is 17.1 Å². The van der Waals surface area contributed by atoms with E-state index < -0.39 is 0 Å². The number of methoxy groups -OCH3 is 1. The Balaban J connectivity index is 2.38. The maximum Gasteiger partial charge on any atom is 0.148 e. The minimum absolute atomic E-state index is 0.128. The van der Waals surface area contributed by atoms with Gasteiger partial charge in [0.15, 0.2) is 0 Å². The number of nitrogens with one attached hydrogen (secondary N) is 2. The van der Waals surface area contributed by atoms with E-state index in [1.807, 2.05) is 0 Å². The van der Waals surface area contributed by atoms with Crippen LogP contribution in [0.15, 0.2) is 29.6 Å². The van der Waals surface area contributed by atoms with Crippen LogP contribution in [0, 0.1) is 11.7 Å². The molecule has 0 bridgehead atoms. The lowest BCUT2D eigenvalue weighted by atomic mass is 10.1. The van der Waals surface area contributed by atoms with Gasteiger partial charge >= 0.3 is 0 Å². The molecule has 0 aliphatic carbocycles. The maximum absolute atomic E-state index is 14.0. The minimum Gasteiger partial charge on any atom is -0.497 e. The van der Waals surface area contributed by atoms with Crippen LogP contribution in [0.2, 0.25) is 0 Å². The molecule has 1 aliphatic heterocycles. The van der Waals surface area contributed by atoms with Gasteiger partial charge in [0.1, 0.15) is 11.6 Å². The number of aliphatic hydroxyl groups is 1. The maximum atomic E-state index is 14.0. The first-order chi connectivity index (χ1) is 9.56. The highest BCUT2D eigenvalue weighted by Crippen LogP contribution is 2.31. The van der Waals surface area contributed by atoms with Crippen molar-refractivity contribution in [3.8, 4) is 5.75 Å². The summed E-state index contributed by atoms with van der Waals surface area (Å²) in [6, 6.07) is 4.55. The Morgan fingerprint density at radius 2 is 2.15 bits per heavy atom. The minimum atomic E-state index is -0.361. The number of halogens is 1. The monoisotopic (exact) mass is 281 g/mol. The molecule has 1 aromatic carbocycles. The van der Waals surface area contributed by atoms with Gasteiger partial charge in [-0.05, 0) is 24.5 Å². The molecule has 0 aromatic heterocycles. The van der Waals surface area contributed by atoms with E-state index in [4.69, 9.17) is 4.74 Å². The number of nitrogens with zero attached hydrogens (tertiary/aromatic N) is 1. The summed E-state index contributed by atoms with van der Waals surface area (Å²) in [4.78, 5) is 0. The highest BCUT2D eigenvalue weighted by atomic mass is 19.1. The van der Waals surface area contributed by atoms with Crippen molar-refractivity contribution in [2.24, 2.45) is 5.92 Å². The number of hydrogen-bond donors (Lipinski definition) is 3. The fourth-order valence-corrected chi connectivity index (χ4v) is 2.13. The van der Waals surface area contributed by atoms with Crippen molar-refractivity contribution in [3.05, 3.63) is 35.4 Å². The van der Waals surface area contributed by atoms with Crippen molar-refractivity contribution in [2.45, 2.75) is 20.3 Å². The Morgan fingerprint density at radius 3 is 2.75 bits per heavy atom. The summed E-state index contributed by atoms with van der Waals surface area (Å²) in [6.45, 7) is 4.01. The third kappa shape index (κ3) is 2.86. The first kappa shape index (κ1) is 14.6. The van der Waals surface area contributed by atoms with Crippen molar-refractivity contribution < 1.29 is 14.2 Å². The molecule has 1 heterocycles. The predicted octanol–water partition coefficient (Wildman–Crippen LogP) is 1.91. The molecular formula is C14H20FN3O2. The summed E-state index contributed by atoms with van der Waals surface area (Å²) >= 11 is 0. The normalized spacial score (nSPS) is 15.0. The van der Waals surface area contributed by atoms with Crippen LogP contribution in [-0.2, 0) is 0 Å². The van der Waals surface area contributed by atoms with E-state index in [-0.39, 0.29) is 12.4 Å². The molecule has 0 saturated carbocycles. The predicted molar refractivity (Wildman–Crippen MR) is 75.3 cm³/mol. The molecule has 0 saturated heterocycles. The standard InChI is InChI=1S/C14H20FN3O2/c1-9(2)6-14-12(8-19)16-17-18(14)13-7-10(20-3)4-5-11(13)15/h4-5,7,9,16-17,19H,6,8H2,1-3H3. The number of anilines is 1. The van der Waals surface area contributed by atoms with Crippen LogP contribution in [0.4, 0.5) is 10.1 Å². The van der Waals surface area contributed by atoms with Crippen LogP contribution >= 0.6 is 0 Å². The van der Waals surface area contributed by atoms with E-state index in [1.165, 1.54) is 13.2 Å². The lowest BCUT2D eigenvalue weighted by Gasteiger charge is -2.23. The van der Waals surface area contributed by atoms with Gasteiger partial charge in [0.05, 0.1) is 30.8 Å². The summed E-state index contributed by atoms with van der Waals surface area (Å²) in [5, 5.41) is 11.0. The van der Waals surface area contributed by atoms with Crippen LogP contribution < -0.4 is 20.7 Å². The fraction of sp³-hybridized carbons (Fsp3) is 0.429. The quantitative estimate of drug-likeness (QED) is 0.770.